The second-order valence-corrected chi connectivity index (χ2v) is 8.04. The summed E-state index contributed by atoms with van der Waals surface area (Å²) in [6.45, 7) is 0.952. The first-order valence-corrected chi connectivity index (χ1v) is 9.31. The third-order valence-electron chi connectivity index (χ3n) is 4.43. The summed E-state index contributed by atoms with van der Waals surface area (Å²) < 4.78 is 31.8. The van der Waals surface area contributed by atoms with Gasteiger partial charge in [-0.15, -0.1) is 0 Å². The molecule has 1 aliphatic rings. The number of nitrogens with two attached hydrogens (primary N) is 1. The van der Waals surface area contributed by atoms with Crippen molar-refractivity contribution in [3.05, 3.63) is 35.9 Å². The molecule has 1 amide bonds. The Morgan fingerprint density at radius 3 is 2.65 bits per heavy atom. The van der Waals surface area contributed by atoms with E-state index in [4.69, 9.17) is 10.5 Å². The lowest BCUT2D eigenvalue weighted by molar-refractivity contribution is -0.131. The number of methoxy groups -OCH3 is 1. The van der Waals surface area contributed by atoms with E-state index >= 15 is 0 Å². The highest BCUT2D eigenvalue weighted by Crippen LogP contribution is 2.35. The lowest BCUT2D eigenvalue weighted by atomic mass is 9.77. The first-order chi connectivity index (χ1) is 10.9. The minimum atomic E-state index is -3.48. The van der Waals surface area contributed by atoms with Gasteiger partial charge >= 0.3 is 0 Å². The van der Waals surface area contributed by atoms with Gasteiger partial charge in [0.15, 0.2) is 0 Å². The second-order valence-electron chi connectivity index (χ2n) is 6.07. The molecule has 128 valence electrons. The molecular formula is C16H24N2O4S. The van der Waals surface area contributed by atoms with E-state index in [2.05, 4.69) is 0 Å². The first-order valence-electron chi connectivity index (χ1n) is 7.70. The monoisotopic (exact) mass is 340 g/mol. The minimum absolute atomic E-state index is 0.0625. The standard InChI is InChI=1S/C16H24N2O4S/c1-22-11-9-16(15(17)19)8-5-10-18(13-16)23(20,21)12-14-6-3-2-4-7-14/h2-4,6-7H,5,8-13H2,1H3,(H2,17,19). The van der Waals surface area contributed by atoms with E-state index in [0.717, 1.165) is 5.56 Å². The molecule has 7 heteroatoms. The predicted octanol–water partition coefficient (Wildman–Crippen LogP) is 1.12. The molecule has 0 saturated carbocycles. The average molecular weight is 340 g/mol. The van der Waals surface area contributed by atoms with E-state index in [0.29, 0.717) is 32.4 Å². The number of carbonyl (C=O) groups excluding carboxylic acids is 1. The van der Waals surface area contributed by atoms with Gasteiger partial charge in [0.1, 0.15) is 0 Å². The fraction of sp³-hybridized carbons (Fsp3) is 0.562. The topological polar surface area (TPSA) is 89.7 Å². The Kier molecular flexibility index (Phi) is 5.78. The van der Waals surface area contributed by atoms with Crippen molar-refractivity contribution in [2.24, 2.45) is 11.1 Å². The third kappa shape index (κ3) is 4.31. The molecule has 1 saturated heterocycles. The highest BCUT2D eigenvalue weighted by molar-refractivity contribution is 7.88. The van der Waals surface area contributed by atoms with Crippen LogP contribution in [-0.4, -0.2) is 45.4 Å². The predicted molar refractivity (Wildman–Crippen MR) is 88.0 cm³/mol. The van der Waals surface area contributed by atoms with Crippen LogP contribution in [0.1, 0.15) is 24.8 Å². The van der Waals surface area contributed by atoms with Crippen molar-refractivity contribution < 1.29 is 17.9 Å². The van der Waals surface area contributed by atoms with Crippen LogP contribution >= 0.6 is 0 Å². The summed E-state index contributed by atoms with van der Waals surface area (Å²) in [4.78, 5) is 12.0. The zero-order chi connectivity index (χ0) is 16.9. The van der Waals surface area contributed by atoms with E-state index < -0.39 is 21.3 Å². The van der Waals surface area contributed by atoms with E-state index in [1.807, 2.05) is 18.2 Å². The summed E-state index contributed by atoms with van der Waals surface area (Å²) in [5, 5.41) is 0. The van der Waals surface area contributed by atoms with Gasteiger partial charge in [0.25, 0.3) is 0 Å². The van der Waals surface area contributed by atoms with E-state index in [1.54, 1.807) is 19.2 Å². The summed E-state index contributed by atoms with van der Waals surface area (Å²) in [5.41, 5.74) is 5.49. The number of hydrogen-bond acceptors (Lipinski definition) is 4. The number of ether oxygens (including phenoxy) is 1. The Labute approximate surface area is 137 Å². The number of rotatable bonds is 7. The van der Waals surface area contributed by atoms with Gasteiger partial charge in [-0.3, -0.25) is 4.79 Å². The van der Waals surface area contributed by atoms with Crippen LogP contribution in [0.3, 0.4) is 0 Å². The Morgan fingerprint density at radius 2 is 2.04 bits per heavy atom. The van der Waals surface area contributed by atoms with Crippen molar-refractivity contribution >= 4 is 15.9 Å². The van der Waals surface area contributed by atoms with Gasteiger partial charge < -0.3 is 10.5 Å². The molecular weight excluding hydrogens is 316 g/mol. The first kappa shape index (κ1) is 17.9. The van der Waals surface area contributed by atoms with Crippen LogP contribution in [0, 0.1) is 5.41 Å². The van der Waals surface area contributed by atoms with Crippen LogP contribution < -0.4 is 5.73 Å². The summed E-state index contributed by atoms with van der Waals surface area (Å²) in [7, 11) is -1.92. The molecule has 0 aliphatic carbocycles. The van der Waals surface area contributed by atoms with Gasteiger partial charge in [-0.2, -0.15) is 0 Å². The van der Waals surface area contributed by atoms with E-state index in [-0.39, 0.29) is 12.3 Å². The van der Waals surface area contributed by atoms with Crippen molar-refractivity contribution in [2.75, 3.05) is 26.8 Å². The van der Waals surface area contributed by atoms with Crippen LogP contribution in [0.15, 0.2) is 30.3 Å². The lowest BCUT2D eigenvalue weighted by Crippen LogP contribution is -2.52. The molecule has 0 spiro atoms. The van der Waals surface area contributed by atoms with Crippen molar-refractivity contribution in [1.82, 2.24) is 4.31 Å². The molecule has 1 aliphatic heterocycles. The molecule has 23 heavy (non-hydrogen) atoms. The number of primary amides is 1. The molecule has 1 unspecified atom stereocenters. The Morgan fingerprint density at radius 1 is 1.35 bits per heavy atom. The molecule has 1 fully saturated rings. The Balaban J connectivity index is 2.17. The number of piperidine rings is 1. The number of nitrogens with zero attached hydrogens (tertiary/aromatic N) is 1. The molecule has 6 nitrogen and oxygen atoms in total. The van der Waals surface area contributed by atoms with Crippen LogP contribution in [0.4, 0.5) is 0 Å². The number of benzene rings is 1. The number of hydrogen-bond donors (Lipinski definition) is 1. The van der Waals surface area contributed by atoms with Gasteiger partial charge in [0.05, 0.1) is 11.2 Å². The Bertz CT molecular complexity index is 633. The molecule has 0 radical (unpaired) electrons. The smallest absolute Gasteiger partial charge is 0.225 e. The molecule has 0 bridgehead atoms. The number of sulfonamides is 1. The summed E-state index contributed by atoms with van der Waals surface area (Å²) in [6.07, 6.45) is 1.67. The highest BCUT2D eigenvalue weighted by atomic mass is 32.2. The fourth-order valence-corrected chi connectivity index (χ4v) is 4.68. The normalized spacial score (nSPS) is 22.8. The van der Waals surface area contributed by atoms with E-state index in [1.165, 1.54) is 4.31 Å². The largest absolute Gasteiger partial charge is 0.385 e. The van der Waals surface area contributed by atoms with Gasteiger partial charge in [-0.25, -0.2) is 12.7 Å². The van der Waals surface area contributed by atoms with Crippen LogP contribution in [-0.2, 0) is 25.3 Å². The average Bonchev–Trinajstić information content (AvgIpc) is 2.53. The van der Waals surface area contributed by atoms with Crippen LogP contribution in [0.5, 0.6) is 0 Å². The highest BCUT2D eigenvalue weighted by Gasteiger charge is 2.43. The summed E-state index contributed by atoms with van der Waals surface area (Å²) in [5.74, 6) is -0.512. The maximum Gasteiger partial charge on any atom is 0.225 e. The minimum Gasteiger partial charge on any atom is -0.385 e. The second kappa shape index (κ2) is 7.42. The molecule has 0 aromatic heterocycles. The molecule has 2 rings (SSSR count). The lowest BCUT2D eigenvalue weighted by Gasteiger charge is -2.40. The van der Waals surface area contributed by atoms with Crippen LogP contribution in [0.25, 0.3) is 0 Å². The molecule has 1 aromatic rings. The van der Waals surface area contributed by atoms with Gasteiger partial charge in [-0.1, -0.05) is 30.3 Å². The van der Waals surface area contributed by atoms with Gasteiger partial charge in [0.2, 0.25) is 15.9 Å². The van der Waals surface area contributed by atoms with Crippen LogP contribution in [0.2, 0.25) is 0 Å². The van der Waals surface area contributed by atoms with Crippen molar-refractivity contribution in [2.45, 2.75) is 25.0 Å². The van der Waals surface area contributed by atoms with Crippen molar-refractivity contribution in [3.63, 3.8) is 0 Å². The maximum atomic E-state index is 12.7. The SMILES string of the molecule is COCCC1(C(N)=O)CCCN(S(=O)(=O)Cc2ccccc2)C1. The van der Waals surface area contributed by atoms with Crippen molar-refractivity contribution in [1.29, 1.82) is 0 Å². The van der Waals surface area contributed by atoms with Gasteiger partial charge in [0, 0.05) is 26.8 Å². The summed E-state index contributed by atoms with van der Waals surface area (Å²) in [6, 6.07) is 9.04. The molecule has 2 N–H and O–H groups in total. The third-order valence-corrected chi connectivity index (χ3v) is 6.23. The summed E-state index contributed by atoms with van der Waals surface area (Å²) >= 11 is 0. The van der Waals surface area contributed by atoms with E-state index in [9.17, 15) is 13.2 Å². The zero-order valence-electron chi connectivity index (χ0n) is 13.4. The quantitative estimate of drug-likeness (QED) is 0.805. The molecule has 1 atom stereocenters. The Hall–Kier alpha value is -1.44. The maximum absolute atomic E-state index is 12.7. The number of carbonyl (C=O) groups is 1. The number of amides is 1. The van der Waals surface area contributed by atoms with Gasteiger partial charge in [-0.05, 0) is 24.8 Å². The molecule has 1 heterocycles. The van der Waals surface area contributed by atoms with Crippen molar-refractivity contribution in [3.8, 4) is 0 Å². The zero-order valence-corrected chi connectivity index (χ0v) is 14.2. The fourth-order valence-electron chi connectivity index (χ4n) is 3.03. The molecule has 1 aromatic carbocycles.